The average molecular weight is 364 g/mol. The minimum absolute atomic E-state index is 0.0139. The zero-order chi connectivity index (χ0) is 18.0. The molecule has 1 heterocycles. The molecule has 24 heavy (non-hydrogen) atoms. The first kappa shape index (κ1) is 19.0. The number of ether oxygens (including phenoxy) is 3. The molecule has 3 N–H and O–H groups in total. The summed E-state index contributed by atoms with van der Waals surface area (Å²) in [6, 6.07) is 1.18. The molecule has 1 saturated carbocycles. The highest BCUT2D eigenvalue weighted by Gasteiger charge is 2.58. The predicted molar refractivity (Wildman–Crippen MR) is 82.9 cm³/mol. The van der Waals surface area contributed by atoms with Gasteiger partial charge in [0, 0.05) is 32.4 Å². The summed E-state index contributed by atoms with van der Waals surface area (Å²) in [5.41, 5.74) is -2.11. The number of H-pyrrole nitrogens is 1. The van der Waals surface area contributed by atoms with E-state index in [4.69, 9.17) is 24.0 Å². The van der Waals surface area contributed by atoms with Gasteiger partial charge in [0.2, 0.25) is 0 Å². The normalized spacial score (nSPS) is 24.8. The van der Waals surface area contributed by atoms with E-state index >= 15 is 0 Å². The fraction of sp³-hybridized carbons (Fsp3) is 0.692. The van der Waals surface area contributed by atoms with Gasteiger partial charge < -0.3 is 24.0 Å². The molecule has 136 valence electrons. The van der Waals surface area contributed by atoms with Crippen molar-refractivity contribution in [1.29, 1.82) is 0 Å². The Morgan fingerprint density at radius 3 is 2.67 bits per heavy atom. The first-order chi connectivity index (χ1) is 11.2. The van der Waals surface area contributed by atoms with E-state index < -0.39 is 36.6 Å². The largest absolute Gasteiger partial charge is 0.382 e. The second kappa shape index (κ2) is 7.30. The molecule has 11 heteroatoms. The van der Waals surface area contributed by atoms with Crippen molar-refractivity contribution in [2.75, 3.05) is 33.6 Å². The number of hydrogen-bond acceptors (Lipinski definition) is 6. The molecule has 0 bridgehead atoms. The zero-order valence-electron chi connectivity index (χ0n) is 13.4. The lowest BCUT2D eigenvalue weighted by atomic mass is 10.3. The Kier molecular flexibility index (Phi) is 5.79. The lowest BCUT2D eigenvalue weighted by Gasteiger charge is -2.26. The van der Waals surface area contributed by atoms with Crippen molar-refractivity contribution in [2.45, 2.75) is 18.2 Å². The van der Waals surface area contributed by atoms with E-state index in [0.29, 0.717) is 6.42 Å². The lowest BCUT2D eigenvalue weighted by molar-refractivity contribution is -0.129. The smallest absolute Gasteiger partial charge is 0.330 e. The van der Waals surface area contributed by atoms with Crippen molar-refractivity contribution in [1.82, 2.24) is 9.55 Å². The van der Waals surface area contributed by atoms with Gasteiger partial charge in [0.15, 0.2) is 6.23 Å². The fourth-order valence-electron chi connectivity index (χ4n) is 2.71. The maximum Gasteiger partial charge on any atom is 0.330 e. The third-order valence-electron chi connectivity index (χ3n) is 3.86. The number of rotatable bonds is 9. The molecular weight excluding hydrogens is 343 g/mol. The topological polar surface area (TPSA) is 140 Å². The van der Waals surface area contributed by atoms with Crippen LogP contribution in [0.15, 0.2) is 21.9 Å². The quantitative estimate of drug-likeness (QED) is 0.488. The van der Waals surface area contributed by atoms with Crippen molar-refractivity contribution in [3.63, 3.8) is 0 Å². The Morgan fingerprint density at radius 1 is 1.42 bits per heavy atom. The first-order valence-electron chi connectivity index (χ1n) is 7.22. The molecule has 1 fully saturated rings. The Labute approximate surface area is 137 Å². The molecule has 2 rings (SSSR count). The molecule has 1 aromatic heterocycles. The van der Waals surface area contributed by atoms with E-state index in [9.17, 15) is 14.2 Å². The van der Waals surface area contributed by atoms with Gasteiger partial charge in [-0.1, -0.05) is 0 Å². The van der Waals surface area contributed by atoms with Crippen LogP contribution in [0.5, 0.6) is 0 Å². The van der Waals surface area contributed by atoms with Crippen LogP contribution in [0.4, 0.5) is 0 Å². The molecule has 0 spiro atoms. The number of aromatic amines is 1. The molecule has 1 aromatic rings. The van der Waals surface area contributed by atoms with Gasteiger partial charge in [0.05, 0.1) is 25.0 Å². The SMILES string of the molecule is COC[C@@H](OC1(COC)C[C@H]1CP(=O)(O)O)n1ccc(=O)[nH]c1=O. The van der Waals surface area contributed by atoms with Crippen LogP contribution >= 0.6 is 7.60 Å². The second-order valence-electron chi connectivity index (χ2n) is 5.79. The van der Waals surface area contributed by atoms with Crippen LogP contribution in [0.2, 0.25) is 0 Å². The first-order valence-corrected chi connectivity index (χ1v) is 9.02. The summed E-state index contributed by atoms with van der Waals surface area (Å²) in [6.07, 6.45) is 0.489. The fourth-order valence-corrected chi connectivity index (χ4v) is 3.75. The van der Waals surface area contributed by atoms with Crippen molar-refractivity contribution >= 4 is 7.60 Å². The predicted octanol–water partition coefficient (Wildman–Crippen LogP) is -0.719. The van der Waals surface area contributed by atoms with Crippen LogP contribution in [-0.4, -0.2) is 58.5 Å². The summed E-state index contributed by atoms with van der Waals surface area (Å²) in [4.78, 5) is 43.6. The molecule has 1 aliphatic rings. The Morgan fingerprint density at radius 2 is 2.12 bits per heavy atom. The van der Waals surface area contributed by atoms with Crippen LogP contribution in [0.3, 0.4) is 0 Å². The number of nitrogens with one attached hydrogen (secondary N) is 1. The molecule has 0 aromatic carbocycles. The lowest BCUT2D eigenvalue weighted by Crippen LogP contribution is -2.38. The number of hydrogen-bond donors (Lipinski definition) is 3. The highest BCUT2D eigenvalue weighted by atomic mass is 31.2. The Balaban J connectivity index is 2.23. The van der Waals surface area contributed by atoms with E-state index in [2.05, 4.69) is 4.98 Å². The molecule has 10 nitrogen and oxygen atoms in total. The van der Waals surface area contributed by atoms with E-state index in [1.54, 1.807) is 0 Å². The van der Waals surface area contributed by atoms with Gasteiger partial charge in [-0.15, -0.1) is 0 Å². The summed E-state index contributed by atoms with van der Waals surface area (Å²) >= 11 is 0. The Bertz CT molecular complexity index is 725. The standard InChI is InChI=1S/C13H21N2O8P/c1-21-6-11(15-4-3-10(16)14-12(15)17)23-13(8-22-2)5-9(13)7-24(18,19)20/h3-4,9,11H,5-8H2,1-2H3,(H,14,16,17)(H2,18,19,20)/t9-,11+,13?/m0/s1. The van der Waals surface area contributed by atoms with E-state index in [1.807, 2.05) is 0 Å². The second-order valence-corrected chi connectivity index (χ2v) is 7.49. The average Bonchev–Trinajstić information content (AvgIpc) is 3.08. The summed E-state index contributed by atoms with van der Waals surface area (Å²) in [5, 5.41) is 0. The van der Waals surface area contributed by atoms with Crippen molar-refractivity contribution in [3.05, 3.63) is 33.1 Å². The summed E-state index contributed by atoms with van der Waals surface area (Å²) in [6.45, 7) is 0.135. The van der Waals surface area contributed by atoms with Gasteiger partial charge in [-0.3, -0.25) is 18.9 Å². The third-order valence-corrected chi connectivity index (χ3v) is 4.78. The van der Waals surface area contributed by atoms with Gasteiger partial charge >= 0.3 is 13.3 Å². The van der Waals surface area contributed by atoms with Gasteiger partial charge in [-0.2, -0.15) is 0 Å². The zero-order valence-corrected chi connectivity index (χ0v) is 14.3. The molecule has 0 radical (unpaired) electrons. The Hall–Kier alpha value is -1.29. The number of methoxy groups -OCH3 is 2. The van der Waals surface area contributed by atoms with Crippen molar-refractivity contribution in [3.8, 4) is 0 Å². The minimum atomic E-state index is -4.19. The molecule has 0 aliphatic heterocycles. The molecule has 3 atom stereocenters. The van der Waals surface area contributed by atoms with Gasteiger partial charge in [0.1, 0.15) is 0 Å². The summed E-state index contributed by atoms with van der Waals surface area (Å²) < 4.78 is 28.5. The van der Waals surface area contributed by atoms with Crippen molar-refractivity contribution in [2.24, 2.45) is 5.92 Å². The van der Waals surface area contributed by atoms with Gasteiger partial charge in [0.25, 0.3) is 5.56 Å². The van der Waals surface area contributed by atoms with Crippen LogP contribution < -0.4 is 11.2 Å². The molecule has 0 saturated heterocycles. The number of aromatic nitrogens is 2. The minimum Gasteiger partial charge on any atom is -0.382 e. The molecule has 0 amide bonds. The van der Waals surface area contributed by atoms with Crippen molar-refractivity contribution < 1.29 is 28.6 Å². The van der Waals surface area contributed by atoms with Crippen LogP contribution in [-0.2, 0) is 18.8 Å². The van der Waals surface area contributed by atoms with Crippen LogP contribution in [0.25, 0.3) is 0 Å². The monoisotopic (exact) mass is 364 g/mol. The maximum atomic E-state index is 11.9. The van der Waals surface area contributed by atoms with E-state index in [-0.39, 0.29) is 19.4 Å². The van der Waals surface area contributed by atoms with Gasteiger partial charge in [-0.25, -0.2) is 4.79 Å². The molecular formula is C13H21N2O8P. The van der Waals surface area contributed by atoms with E-state index in [1.165, 1.54) is 26.5 Å². The third kappa shape index (κ3) is 4.62. The maximum absolute atomic E-state index is 11.9. The molecule has 1 unspecified atom stereocenters. The molecule has 1 aliphatic carbocycles. The van der Waals surface area contributed by atoms with E-state index in [0.717, 1.165) is 4.57 Å². The highest BCUT2D eigenvalue weighted by molar-refractivity contribution is 7.51. The van der Waals surface area contributed by atoms with Crippen LogP contribution in [0, 0.1) is 5.92 Å². The summed E-state index contributed by atoms with van der Waals surface area (Å²) in [5.74, 6) is -0.392. The number of nitrogens with zero attached hydrogens (tertiary/aromatic N) is 1. The highest BCUT2D eigenvalue weighted by Crippen LogP contribution is 2.55. The van der Waals surface area contributed by atoms with Gasteiger partial charge in [-0.05, 0) is 6.42 Å². The summed E-state index contributed by atoms with van der Waals surface area (Å²) in [7, 11) is -1.31. The van der Waals surface area contributed by atoms with Crippen LogP contribution in [0.1, 0.15) is 12.6 Å².